The SMILES string of the molecule is Nc1oncc1-c1cc(F)cc(F)c1Br. The third-order valence-electron chi connectivity index (χ3n) is 1.88. The highest BCUT2D eigenvalue weighted by Crippen LogP contribution is 2.34. The molecule has 0 radical (unpaired) electrons. The zero-order valence-electron chi connectivity index (χ0n) is 7.30. The normalized spacial score (nSPS) is 10.6. The van der Waals surface area contributed by atoms with E-state index in [1.807, 2.05) is 0 Å². The van der Waals surface area contributed by atoms with Crippen LogP contribution in [0.2, 0.25) is 0 Å². The van der Waals surface area contributed by atoms with E-state index in [-0.39, 0.29) is 15.9 Å². The molecule has 0 atom stereocenters. The zero-order chi connectivity index (χ0) is 11.0. The molecular weight excluding hydrogens is 270 g/mol. The van der Waals surface area contributed by atoms with Crippen LogP contribution in [-0.2, 0) is 0 Å². The topological polar surface area (TPSA) is 52.0 Å². The van der Waals surface area contributed by atoms with E-state index in [1.165, 1.54) is 6.20 Å². The van der Waals surface area contributed by atoms with Crippen molar-refractivity contribution in [3.63, 3.8) is 0 Å². The zero-order valence-corrected chi connectivity index (χ0v) is 8.88. The van der Waals surface area contributed by atoms with Gasteiger partial charge in [0, 0.05) is 11.6 Å². The Morgan fingerprint density at radius 2 is 2.00 bits per heavy atom. The molecule has 1 aromatic carbocycles. The Hall–Kier alpha value is -1.43. The Balaban J connectivity index is 2.68. The third kappa shape index (κ3) is 1.72. The summed E-state index contributed by atoms with van der Waals surface area (Å²) >= 11 is 3.00. The quantitative estimate of drug-likeness (QED) is 0.814. The number of aromatic nitrogens is 1. The van der Waals surface area contributed by atoms with Crippen molar-refractivity contribution >= 4 is 21.8 Å². The highest BCUT2D eigenvalue weighted by Gasteiger charge is 2.15. The molecule has 1 heterocycles. The van der Waals surface area contributed by atoms with E-state index in [1.54, 1.807) is 0 Å². The van der Waals surface area contributed by atoms with Gasteiger partial charge in [-0.2, -0.15) is 0 Å². The molecule has 3 nitrogen and oxygen atoms in total. The summed E-state index contributed by atoms with van der Waals surface area (Å²) in [5.41, 5.74) is 6.06. The molecule has 2 N–H and O–H groups in total. The predicted octanol–water partition coefficient (Wildman–Crippen LogP) is 2.96. The molecule has 2 rings (SSSR count). The summed E-state index contributed by atoms with van der Waals surface area (Å²) in [5.74, 6) is -1.38. The number of halogens is 3. The molecule has 0 saturated heterocycles. The lowest BCUT2D eigenvalue weighted by molar-refractivity contribution is 0.436. The molecule has 1 aromatic heterocycles. The summed E-state index contributed by atoms with van der Waals surface area (Å²) in [6.45, 7) is 0. The van der Waals surface area contributed by atoms with Crippen molar-refractivity contribution in [1.29, 1.82) is 0 Å². The molecule has 0 aliphatic heterocycles. The summed E-state index contributed by atoms with van der Waals surface area (Å²) in [6, 6.07) is 1.92. The van der Waals surface area contributed by atoms with E-state index in [4.69, 9.17) is 5.73 Å². The average molecular weight is 275 g/mol. The molecule has 0 unspecified atom stereocenters. The monoisotopic (exact) mass is 274 g/mol. The fourth-order valence-corrected chi connectivity index (χ4v) is 1.65. The van der Waals surface area contributed by atoms with E-state index >= 15 is 0 Å². The highest BCUT2D eigenvalue weighted by atomic mass is 79.9. The molecule has 0 spiro atoms. The fourth-order valence-electron chi connectivity index (χ4n) is 1.20. The van der Waals surface area contributed by atoms with Crippen molar-refractivity contribution < 1.29 is 13.3 Å². The molecule has 0 saturated carbocycles. The van der Waals surface area contributed by atoms with Crippen LogP contribution in [-0.4, -0.2) is 5.16 Å². The molecule has 6 heteroatoms. The van der Waals surface area contributed by atoms with Crippen LogP contribution < -0.4 is 5.73 Å². The lowest BCUT2D eigenvalue weighted by Crippen LogP contribution is -1.90. The average Bonchev–Trinajstić information content (AvgIpc) is 2.58. The van der Waals surface area contributed by atoms with Gasteiger partial charge in [-0.3, -0.25) is 0 Å². The van der Waals surface area contributed by atoms with Gasteiger partial charge in [0.25, 0.3) is 0 Å². The van der Waals surface area contributed by atoms with Crippen LogP contribution in [0.3, 0.4) is 0 Å². The number of nitrogen functional groups attached to an aromatic ring is 1. The van der Waals surface area contributed by atoms with Crippen LogP contribution in [0.5, 0.6) is 0 Å². The van der Waals surface area contributed by atoms with Crippen molar-refractivity contribution in [2.24, 2.45) is 0 Å². The van der Waals surface area contributed by atoms with Gasteiger partial charge >= 0.3 is 0 Å². The first-order valence-electron chi connectivity index (χ1n) is 3.94. The van der Waals surface area contributed by atoms with Gasteiger partial charge < -0.3 is 10.3 Å². The molecule has 2 aromatic rings. The number of hydrogen-bond donors (Lipinski definition) is 1. The number of hydrogen-bond acceptors (Lipinski definition) is 3. The second kappa shape index (κ2) is 3.62. The first kappa shape index (κ1) is 10.1. The van der Waals surface area contributed by atoms with E-state index in [2.05, 4.69) is 25.6 Å². The van der Waals surface area contributed by atoms with Gasteiger partial charge in [-0.15, -0.1) is 0 Å². The molecule has 0 amide bonds. The first-order valence-corrected chi connectivity index (χ1v) is 4.74. The number of nitrogens with zero attached hydrogens (tertiary/aromatic N) is 1. The molecule has 0 aliphatic carbocycles. The smallest absolute Gasteiger partial charge is 0.229 e. The molecule has 78 valence electrons. The number of anilines is 1. The maximum absolute atomic E-state index is 13.2. The van der Waals surface area contributed by atoms with E-state index in [0.29, 0.717) is 5.56 Å². The molecule has 0 bridgehead atoms. The largest absolute Gasteiger partial charge is 0.367 e. The van der Waals surface area contributed by atoms with Gasteiger partial charge in [0.05, 0.1) is 16.2 Å². The lowest BCUT2D eigenvalue weighted by Gasteiger charge is -2.03. The summed E-state index contributed by atoms with van der Waals surface area (Å²) in [7, 11) is 0. The Morgan fingerprint density at radius 1 is 1.27 bits per heavy atom. The van der Waals surface area contributed by atoms with Crippen LogP contribution in [0.15, 0.2) is 27.3 Å². The van der Waals surface area contributed by atoms with Gasteiger partial charge in [-0.1, -0.05) is 5.16 Å². The van der Waals surface area contributed by atoms with Gasteiger partial charge in [-0.05, 0) is 22.0 Å². The van der Waals surface area contributed by atoms with E-state index in [0.717, 1.165) is 12.1 Å². The molecule has 15 heavy (non-hydrogen) atoms. The predicted molar refractivity (Wildman–Crippen MR) is 54.0 cm³/mol. The van der Waals surface area contributed by atoms with Crippen LogP contribution >= 0.6 is 15.9 Å². The summed E-state index contributed by atoms with van der Waals surface area (Å²) in [4.78, 5) is 0. The van der Waals surface area contributed by atoms with Crippen molar-refractivity contribution in [3.8, 4) is 11.1 Å². The van der Waals surface area contributed by atoms with Crippen molar-refractivity contribution in [1.82, 2.24) is 5.16 Å². The first-order chi connectivity index (χ1) is 7.09. The van der Waals surface area contributed by atoms with Crippen molar-refractivity contribution in [2.75, 3.05) is 5.73 Å². The van der Waals surface area contributed by atoms with Crippen molar-refractivity contribution in [3.05, 3.63) is 34.4 Å². The Labute approximate surface area is 92.0 Å². The van der Waals surface area contributed by atoms with Gasteiger partial charge in [-0.25, -0.2) is 8.78 Å². The maximum atomic E-state index is 13.2. The highest BCUT2D eigenvalue weighted by molar-refractivity contribution is 9.10. The summed E-state index contributed by atoms with van der Waals surface area (Å²) in [5, 5.41) is 3.43. The minimum absolute atomic E-state index is 0.0145. The molecular formula is C9H5BrF2N2O. The summed E-state index contributed by atoms with van der Waals surface area (Å²) < 4.78 is 30.9. The number of rotatable bonds is 1. The lowest BCUT2D eigenvalue weighted by atomic mass is 10.1. The van der Waals surface area contributed by atoms with E-state index in [9.17, 15) is 8.78 Å². The Morgan fingerprint density at radius 3 is 2.60 bits per heavy atom. The van der Waals surface area contributed by atoms with E-state index < -0.39 is 11.6 Å². The van der Waals surface area contributed by atoms with Gasteiger partial charge in [0.15, 0.2) is 0 Å². The maximum Gasteiger partial charge on any atom is 0.229 e. The molecule has 0 fully saturated rings. The summed E-state index contributed by atoms with van der Waals surface area (Å²) in [6.07, 6.45) is 1.30. The van der Waals surface area contributed by atoms with Crippen LogP contribution in [0.4, 0.5) is 14.7 Å². The molecule has 0 aliphatic rings. The second-order valence-electron chi connectivity index (χ2n) is 2.85. The fraction of sp³-hybridized carbons (Fsp3) is 0. The van der Waals surface area contributed by atoms with Gasteiger partial charge in [0.2, 0.25) is 5.88 Å². The minimum atomic E-state index is -0.703. The second-order valence-corrected chi connectivity index (χ2v) is 3.65. The van der Waals surface area contributed by atoms with Crippen molar-refractivity contribution in [2.45, 2.75) is 0 Å². The van der Waals surface area contributed by atoms with Crippen LogP contribution in [0.25, 0.3) is 11.1 Å². The minimum Gasteiger partial charge on any atom is -0.367 e. The van der Waals surface area contributed by atoms with Gasteiger partial charge in [0.1, 0.15) is 11.6 Å². The Kier molecular flexibility index (Phi) is 2.44. The number of nitrogens with two attached hydrogens (primary N) is 1. The van der Waals surface area contributed by atoms with Crippen LogP contribution in [0, 0.1) is 11.6 Å². The Bertz CT molecular complexity index is 513. The van der Waals surface area contributed by atoms with Crippen LogP contribution in [0.1, 0.15) is 0 Å². The third-order valence-corrected chi connectivity index (χ3v) is 2.69. The number of benzene rings is 1. The standard InChI is InChI=1S/C9H5BrF2N2O/c10-8-5(1-4(11)2-7(8)12)6-3-14-15-9(6)13/h1-3H,13H2.